The number of hydrogen-bond acceptors (Lipinski definition) is 4. The molecule has 0 aliphatic heterocycles. The molecule has 2 aromatic rings. The van der Waals surface area contributed by atoms with Crippen molar-refractivity contribution < 1.29 is 9.53 Å². The minimum absolute atomic E-state index is 0.215. The van der Waals surface area contributed by atoms with E-state index in [0.29, 0.717) is 11.4 Å². The second-order valence-corrected chi connectivity index (χ2v) is 5.17. The molecule has 2 rings (SSSR count). The van der Waals surface area contributed by atoms with Gasteiger partial charge in [-0.15, -0.1) is 11.8 Å². The first-order chi connectivity index (χ1) is 9.62. The maximum absolute atomic E-state index is 12.2. The van der Waals surface area contributed by atoms with E-state index in [-0.39, 0.29) is 11.1 Å². The Morgan fingerprint density at radius 1 is 1.35 bits per heavy atom. The van der Waals surface area contributed by atoms with Crippen LogP contribution in [0.3, 0.4) is 0 Å². The fraction of sp³-hybridized carbons (Fsp3) is 0.143. The number of nitrogens with zero attached hydrogens (tertiary/aromatic N) is 1. The normalized spacial score (nSPS) is 10.2. The van der Waals surface area contributed by atoms with Gasteiger partial charge in [0.25, 0.3) is 5.91 Å². The third-order valence-corrected chi connectivity index (χ3v) is 3.49. The number of thioether (sulfide) groups is 1. The summed E-state index contributed by atoms with van der Waals surface area (Å²) in [5.74, 6) is 0.0476. The lowest BCUT2D eigenvalue weighted by Crippen LogP contribution is -2.12. The van der Waals surface area contributed by atoms with Crippen molar-refractivity contribution >= 4 is 35.0 Å². The predicted molar refractivity (Wildman–Crippen MR) is 82.0 cm³/mol. The lowest BCUT2D eigenvalue weighted by molar-refractivity contribution is 0.102. The summed E-state index contributed by atoms with van der Waals surface area (Å²) in [6, 6.07) is 10.6. The van der Waals surface area contributed by atoms with Gasteiger partial charge in [0.05, 0.1) is 7.11 Å². The predicted octanol–water partition coefficient (Wildman–Crippen LogP) is 3.72. The minimum atomic E-state index is -0.258. The Labute approximate surface area is 126 Å². The van der Waals surface area contributed by atoms with Crippen LogP contribution in [0.1, 0.15) is 10.4 Å². The van der Waals surface area contributed by atoms with Crippen LogP contribution in [0, 0.1) is 0 Å². The zero-order chi connectivity index (χ0) is 14.5. The maximum Gasteiger partial charge on any atom is 0.255 e. The zero-order valence-electron chi connectivity index (χ0n) is 11.0. The molecule has 104 valence electrons. The monoisotopic (exact) mass is 308 g/mol. The molecule has 0 atom stereocenters. The Kier molecular flexibility index (Phi) is 4.87. The van der Waals surface area contributed by atoms with Crippen LogP contribution in [-0.2, 0) is 0 Å². The fourth-order valence-corrected chi connectivity index (χ4v) is 2.27. The molecule has 6 heteroatoms. The average molecular weight is 309 g/mol. The Morgan fingerprint density at radius 3 is 2.85 bits per heavy atom. The SMILES string of the molecule is COc1cc(C(=O)Nc2cccc(SC)c2)cc(Cl)n1. The number of rotatable bonds is 4. The van der Waals surface area contributed by atoms with Crippen molar-refractivity contribution in [1.29, 1.82) is 0 Å². The topological polar surface area (TPSA) is 51.2 Å². The summed E-state index contributed by atoms with van der Waals surface area (Å²) in [6.45, 7) is 0. The van der Waals surface area contributed by atoms with E-state index in [0.717, 1.165) is 10.6 Å². The molecule has 4 nitrogen and oxygen atoms in total. The summed E-state index contributed by atoms with van der Waals surface area (Å²) in [5, 5.41) is 3.03. The van der Waals surface area contributed by atoms with E-state index in [1.165, 1.54) is 13.2 Å². The van der Waals surface area contributed by atoms with Crippen molar-refractivity contribution in [2.45, 2.75) is 4.90 Å². The van der Waals surface area contributed by atoms with Crippen molar-refractivity contribution in [3.63, 3.8) is 0 Å². The van der Waals surface area contributed by atoms with Gasteiger partial charge in [0.15, 0.2) is 0 Å². The molecule has 0 aliphatic rings. The quantitative estimate of drug-likeness (QED) is 0.691. The largest absolute Gasteiger partial charge is 0.481 e. The van der Waals surface area contributed by atoms with E-state index in [9.17, 15) is 4.79 Å². The molecule has 0 aliphatic carbocycles. The molecule has 0 radical (unpaired) electrons. The lowest BCUT2D eigenvalue weighted by Gasteiger charge is -2.08. The van der Waals surface area contributed by atoms with Crippen molar-refractivity contribution in [1.82, 2.24) is 4.98 Å². The molecule has 0 saturated carbocycles. The van der Waals surface area contributed by atoms with E-state index in [2.05, 4.69) is 10.3 Å². The molecule has 0 saturated heterocycles. The molecule has 0 unspecified atom stereocenters. The van der Waals surface area contributed by atoms with E-state index < -0.39 is 0 Å². The smallest absolute Gasteiger partial charge is 0.255 e. The van der Waals surface area contributed by atoms with Gasteiger partial charge >= 0.3 is 0 Å². The van der Waals surface area contributed by atoms with Gasteiger partial charge in [-0.3, -0.25) is 4.79 Å². The van der Waals surface area contributed by atoms with E-state index in [1.54, 1.807) is 17.8 Å². The summed E-state index contributed by atoms with van der Waals surface area (Å²) >= 11 is 7.46. The first kappa shape index (κ1) is 14.7. The average Bonchev–Trinajstić information content (AvgIpc) is 2.46. The molecule has 0 fully saturated rings. The van der Waals surface area contributed by atoms with E-state index in [4.69, 9.17) is 16.3 Å². The van der Waals surface area contributed by atoms with Gasteiger partial charge in [0.2, 0.25) is 5.88 Å². The number of nitrogens with one attached hydrogen (secondary N) is 1. The van der Waals surface area contributed by atoms with Crippen molar-refractivity contribution in [3.05, 3.63) is 47.1 Å². The third kappa shape index (κ3) is 3.65. The number of carbonyl (C=O) groups is 1. The van der Waals surface area contributed by atoms with Crippen molar-refractivity contribution in [2.75, 3.05) is 18.7 Å². The first-order valence-corrected chi connectivity index (χ1v) is 7.39. The molecule has 1 N–H and O–H groups in total. The number of ether oxygens (including phenoxy) is 1. The number of carbonyl (C=O) groups excluding carboxylic acids is 1. The number of amides is 1. The Hall–Kier alpha value is -1.72. The maximum atomic E-state index is 12.2. The van der Waals surface area contributed by atoms with Crippen molar-refractivity contribution in [2.24, 2.45) is 0 Å². The number of aromatic nitrogens is 1. The Bertz CT molecular complexity index is 634. The molecule has 1 heterocycles. The summed E-state index contributed by atoms with van der Waals surface area (Å²) in [5.41, 5.74) is 1.13. The number of benzene rings is 1. The van der Waals surface area contributed by atoms with Crippen LogP contribution in [0.15, 0.2) is 41.3 Å². The van der Waals surface area contributed by atoms with Gasteiger partial charge in [-0.1, -0.05) is 17.7 Å². The van der Waals surface area contributed by atoms with Crippen LogP contribution in [-0.4, -0.2) is 24.3 Å². The minimum Gasteiger partial charge on any atom is -0.481 e. The summed E-state index contributed by atoms with van der Waals surface area (Å²) in [6.07, 6.45) is 1.98. The van der Waals surface area contributed by atoms with Crippen LogP contribution >= 0.6 is 23.4 Å². The number of halogens is 1. The van der Waals surface area contributed by atoms with Crippen LogP contribution < -0.4 is 10.1 Å². The Balaban J connectivity index is 2.21. The summed E-state index contributed by atoms with van der Waals surface area (Å²) < 4.78 is 4.99. The highest BCUT2D eigenvalue weighted by atomic mass is 35.5. The molecule has 1 aromatic carbocycles. The molecule has 20 heavy (non-hydrogen) atoms. The highest BCUT2D eigenvalue weighted by molar-refractivity contribution is 7.98. The van der Waals surface area contributed by atoms with E-state index in [1.807, 2.05) is 30.5 Å². The lowest BCUT2D eigenvalue weighted by atomic mass is 10.2. The fourth-order valence-electron chi connectivity index (χ4n) is 1.61. The first-order valence-electron chi connectivity index (χ1n) is 5.79. The van der Waals surface area contributed by atoms with Gasteiger partial charge in [0.1, 0.15) is 5.15 Å². The summed E-state index contributed by atoms with van der Waals surface area (Å²) in [7, 11) is 1.47. The molecule has 0 bridgehead atoms. The molecular weight excluding hydrogens is 296 g/mol. The third-order valence-electron chi connectivity index (χ3n) is 2.57. The van der Waals surface area contributed by atoms with Gasteiger partial charge in [-0.05, 0) is 30.5 Å². The van der Waals surface area contributed by atoms with Crippen LogP contribution in [0.25, 0.3) is 0 Å². The second kappa shape index (κ2) is 6.63. The highest BCUT2D eigenvalue weighted by Gasteiger charge is 2.10. The second-order valence-electron chi connectivity index (χ2n) is 3.91. The van der Waals surface area contributed by atoms with Gasteiger partial charge in [0, 0.05) is 22.2 Å². The van der Waals surface area contributed by atoms with Gasteiger partial charge < -0.3 is 10.1 Å². The standard InChI is InChI=1S/C14H13ClN2O2S/c1-19-13-7-9(6-12(15)17-13)14(18)16-10-4-3-5-11(8-10)20-2/h3-8H,1-2H3,(H,16,18). The molecule has 1 aromatic heterocycles. The summed E-state index contributed by atoms with van der Waals surface area (Å²) in [4.78, 5) is 17.2. The van der Waals surface area contributed by atoms with Crippen molar-refractivity contribution in [3.8, 4) is 5.88 Å². The molecule has 1 amide bonds. The van der Waals surface area contributed by atoms with Gasteiger partial charge in [-0.25, -0.2) is 4.98 Å². The highest BCUT2D eigenvalue weighted by Crippen LogP contribution is 2.21. The molecule has 0 spiro atoms. The zero-order valence-corrected chi connectivity index (χ0v) is 12.6. The number of methoxy groups -OCH3 is 1. The molecular formula is C14H13ClN2O2S. The van der Waals surface area contributed by atoms with E-state index >= 15 is 0 Å². The number of anilines is 1. The Morgan fingerprint density at radius 2 is 2.15 bits per heavy atom. The van der Waals surface area contributed by atoms with Crippen LogP contribution in [0.4, 0.5) is 5.69 Å². The van der Waals surface area contributed by atoms with Crippen LogP contribution in [0.2, 0.25) is 5.15 Å². The van der Waals surface area contributed by atoms with Gasteiger partial charge in [-0.2, -0.15) is 0 Å². The number of pyridine rings is 1. The number of hydrogen-bond donors (Lipinski definition) is 1. The van der Waals surface area contributed by atoms with Crippen LogP contribution in [0.5, 0.6) is 5.88 Å².